The zero-order valence-corrected chi connectivity index (χ0v) is 9.63. The van der Waals surface area contributed by atoms with Crippen LogP contribution in [-0.2, 0) is 6.61 Å². The van der Waals surface area contributed by atoms with Gasteiger partial charge in [0.25, 0.3) is 0 Å². The topological polar surface area (TPSA) is 84.0 Å². The van der Waals surface area contributed by atoms with Gasteiger partial charge in [0.1, 0.15) is 24.2 Å². The number of nitrogen functional groups attached to an aromatic ring is 1. The standard InChI is InChI=1S/C13H12N4O/c14-7-11-3-1-2-4-12(11)18-9-10-5-6-13(17-15)16-8-10/h1-6,8H,9,15H2,(H,16,17). The highest BCUT2D eigenvalue weighted by Crippen LogP contribution is 2.18. The fraction of sp³-hybridized carbons (Fsp3) is 0.0769. The zero-order valence-electron chi connectivity index (χ0n) is 9.63. The Labute approximate surface area is 105 Å². The Kier molecular flexibility index (Phi) is 3.74. The first-order chi connectivity index (χ1) is 8.83. The third-order valence-corrected chi connectivity index (χ3v) is 2.37. The maximum Gasteiger partial charge on any atom is 0.139 e. The lowest BCUT2D eigenvalue weighted by molar-refractivity contribution is 0.305. The van der Waals surface area contributed by atoms with E-state index in [9.17, 15) is 0 Å². The number of hydrazine groups is 1. The van der Waals surface area contributed by atoms with Crippen LogP contribution in [0.3, 0.4) is 0 Å². The summed E-state index contributed by atoms with van der Waals surface area (Å²) in [5.74, 6) is 6.39. The zero-order chi connectivity index (χ0) is 12.8. The van der Waals surface area contributed by atoms with E-state index in [4.69, 9.17) is 15.8 Å². The fourth-order valence-electron chi connectivity index (χ4n) is 1.44. The summed E-state index contributed by atoms with van der Waals surface area (Å²) in [6, 6.07) is 12.8. The van der Waals surface area contributed by atoms with Crippen LogP contribution in [0.1, 0.15) is 11.1 Å². The molecule has 0 amide bonds. The van der Waals surface area contributed by atoms with Gasteiger partial charge in [-0.3, -0.25) is 0 Å². The van der Waals surface area contributed by atoms with Gasteiger partial charge < -0.3 is 10.2 Å². The molecule has 0 saturated heterocycles. The van der Waals surface area contributed by atoms with Crippen molar-refractivity contribution in [3.63, 3.8) is 0 Å². The first-order valence-electron chi connectivity index (χ1n) is 5.37. The number of hydrogen-bond acceptors (Lipinski definition) is 5. The molecule has 1 heterocycles. The highest BCUT2D eigenvalue weighted by atomic mass is 16.5. The SMILES string of the molecule is N#Cc1ccccc1OCc1ccc(NN)nc1. The number of rotatable bonds is 4. The van der Waals surface area contributed by atoms with E-state index in [0.29, 0.717) is 23.7 Å². The van der Waals surface area contributed by atoms with E-state index in [1.165, 1.54) is 0 Å². The molecule has 18 heavy (non-hydrogen) atoms. The van der Waals surface area contributed by atoms with Crippen LogP contribution in [0.5, 0.6) is 5.75 Å². The molecule has 5 nitrogen and oxygen atoms in total. The average Bonchev–Trinajstić information content (AvgIpc) is 2.46. The predicted molar refractivity (Wildman–Crippen MR) is 67.5 cm³/mol. The van der Waals surface area contributed by atoms with Crippen LogP contribution in [0.2, 0.25) is 0 Å². The fourth-order valence-corrected chi connectivity index (χ4v) is 1.44. The molecule has 90 valence electrons. The van der Waals surface area contributed by atoms with E-state index in [2.05, 4.69) is 16.5 Å². The maximum atomic E-state index is 8.92. The summed E-state index contributed by atoms with van der Waals surface area (Å²) < 4.78 is 5.57. The lowest BCUT2D eigenvalue weighted by Crippen LogP contribution is -2.08. The van der Waals surface area contributed by atoms with Crippen molar-refractivity contribution in [3.05, 3.63) is 53.7 Å². The van der Waals surface area contributed by atoms with Crippen molar-refractivity contribution in [2.45, 2.75) is 6.61 Å². The Morgan fingerprint density at radius 1 is 1.28 bits per heavy atom. The largest absolute Gasteiger partial charge is 0.487 e. The number of hydrogen-bond donors (Lipinski definition) is 2. The van der Waals surface area contributed by atoms with Crippen molar-refractivity contribution >= 4 is 5.82 Å². The third-order valence-electron chi connectivity index (χ3n) is 2.37. The molecule has 0 aliphatic carbocycles. The number of aromatic nitrogens is 1. The van der Waals surface area contributed by atoms with Crippen LogP contribution in [0, 0.1) is 11.3 Å². The number of pyridine rings is 1. The molecule has 0 aliphatic heterocycles. The summed E-state index contributed by atoms with van der Waals surface area (Å²) in [7, 11) is 0. The summed E-state index contributed by atoms with van der Waals surface area (Å²) in [5, 5.41) is 8.92. The third kappa shape index (κ3) is 2.75. The van der Waals surface area contributed by atoms with E-state index in [1.54, 1.807) is 30.5 Å². The van der Waals surface area contributed by atoms with Gasteiger partial charge in [0.2, 0.25) is 0 Å². The number of benzene rings is 1. The second kappa shape index (κ2) is 5.66. The van der Waals surface area contributed by atoms with Crippen molar-refractivity contribution in [2.75, 3.05) is 5.43 Å². The number of nitriles is 1. The second-order valence-electron chi connectivity index (χ2n) is 3.59. The maximum absolute atomic E-state index is 8.92. The molecular formula is C13H12N4O. The Morgan fingerprint density at radius 2 is 2.11 bits per heavy atom. The molecule has 2 aromatic rings. The van der Waals surface area contributed by atoms with Gasteiger partial charge in [0.15, 0.2) is 0 Å². The highest BCUT2D eigenvalue weighted by molar-refractivity contribution is 5.42. The van der Waals surface area contributed by atoms with E-state index in [0.717, 1.165) is 5.56 Å². The summed E-state index contributed by atoms with van der Waals surface area (Å²) in [6.45, 7) is 0.358. The van der Waals surface area contributed by atoms with Gasteiger partial charge in [-0.1, -0.05) is 18.2 Å². The minimum atomic E-state index is 0.358. The summed E-state index contributed by atoms with van der Waals surface area (Å²) >= 11 is 0. The van der Waals surface area contributed by atoms with E-state index < -0.39 is 0 Å². The molecule has 0 atom stereocenters. The van der Waals surface area contributed by atoms with Gasteiger partial charge >= 0.3 is 0 Å². The number of ether oxygens (including phenoxy) is 1. The molecule has 0 radical (unpaired) electrons. The van der Waals surface area contributed by atoms with Gasteiger partial charge in [-0.15, -0.1) is 0 Å². The van der Waals surface area contributed by atoms with Crippen LogP contribution in [-0.4, -0.2) is 4.98 Å². The lowest BCUT2D eigenvalue weighted by atomic mass is 10.2. The molecular weight excluding hydrogens is 228 g/mol. The Balaban J connectivity index is 2.05. The lowest BCUT2D eigenvalue weighted by Gasteiger charge is -2.07. The van der Waals surface area contributed by atoms with Crippen LogP contribution < -0.4 is 16.0 Å². The summed E-state index contributed by atoms with van der Waals surface area (Å²) in [4.78, 5) is 4.07. The molecule has 1 aromatic heterocycles. The number of nitrogens with two attached hydrogens (primary N) is 1. The van der Waals surface area contributed by atoms with Gasteiger partial charge in [-0.25, -0.2) is 10.8 Å². The quantitative estimate of drug-likeness (QED) is 0.629. The van der Waals surface area contributed by atoms with Crippen molar-refractivity contribution in [1.29, 1.82) is 5.26 Å². The smallest absolute Gasteiger partial charge is 0.139 e. The Bertz CT molecular complexity index is 560. The molecule has 5 heteroatoms. The van der Waals surface area contributed by atoms with Gasteiger partial charge in [0, 0.05) is 11.8 Å². The van der Waals surface area contributed by atoms with E-state index in [-0.39, 0.29) is 0 Å². The van der Waals surface area contributed by atoms with Crippen molar-refractivity contribution < 1.29 is 4.74 Å². The minimum Gasteiger partial charge on any atom is -0.487 e. The normalized spacial score (nSPS) is 9.56. The number of para-hydroxylation sites is 1. The van der Waals surface area contributed by atoms with Crippen molar-refractivity contribution in [2.24, 2.45) is 5.84 Å². The Morgan fingerprint density at radius 3 is 2.78 bits per heavy atom. The van der Waals surface area contributed by atoms with Crippen LogP contribution in [0.15, 0.2) is 42.6 Å². The highest BCUT2D eigenvalue weighted by Gasteiger charge is 2.02. The summed E-state index contributed by atoms with van der Waals surface area (Å²) in [6.07, 6.45) is 1.67. The molecule has 0 aliphatic rings. The van der Waals surface area contributed by atoms with Gasteiger partial charge in [-0.05, 0) is 18.2 Å². The summed E-state index contributed by atoms with van der Waals surface area (Å²) in [5.41, 5.74) is 3.87. The van der Waals surface area contributed by atoms with E-state index in [1.807, 2.05) is 12.1 Å². The molecule has 2 rings (SSSR count). The molecule has 0 unspecified atom stereocenters. The molecule has 0 bridgehead atoms. The van der Waals surface area contributed by atoms with Gasteiger partial charge in [0.05, 0.1) is 5.56 Å². The Hall–Kier alpha value is -2.58. The molecule has 1 aromatic carbocycles. The first-order valence-corrected chi connectivity index (χ1v) is 5.37. The molecule has 0 spiro atoms. The predicted octanol–water partition coefficient (Wildman–Crippen LogP) is 1.82. The number of anilines is 1. The number of nitrogens with one attached hydrogen (secondary N) is 1. The minimum absolute atomic E-state index is 0.358. The molecule has 0 saturated carbocycles. The molecule has 3 N–H and O–H groups in total. The second-order valence-corrected chi connectivity index (χ2v) is 3.59. The van der Waals surface area contributed by atoms with Crippen LogP contribution in [0.25, 0.3) is 0 Å². The van der Waals surface area contributed by atoms with Crippen LogP contribution in [0.4, 0.5) is 5.82 Å². The van der Waals surface area contributed by atoms with Crippen molar-refractivity contribution in [1.82, 2.24) is 4.98 Å². The number of nitrogens with zero attached hydrogens (tertiary/aromatic N) is 2. The van der Waals surface area contributed by atoms with E-state index >= 15 is 0 Å². The van der Waals surface area contributed by atoms with Crippen molar-refractivity contribution in [3.8, 4) is 11.8 Å². The monoisotopic (exact) mass is 240 g/mol. The molecule has 0 fully saturated rings. The van der Waals surface area contributed by atoms with Gasteiger partial charge in [-0.2, -0.15) is 5.26 Å². The first kappa shape index (κ1) is 11.9. The average molecular weight is 240 g/mol. The van der Waals surface area contributed by atoms with Crippen LogP contribution >= 0.6 is 0 Å².